The van der Waals surface area contributed by atoms with Crippen molar-refractivity contribution in [3.8, 4) is 17.6 Å². The third-order valence-electron chi connectivity index (χ3n) is 4.28. The Morgan fingerprint density at radius 3 is 2.79 bits per heavy atom. The molecule has 0 bridgehead atoms. The lowest BCUT2D eigenvalue weighted by molar-refractivity contribution is 0.0456. The van der Waals surface area contributed by atoms with Crippen LogP contribution in [0.3, 0.4) is 0 Å². The summed E-state index contributed by atoms with van der Waals surface area (Å²) in [6.45, 7) is 0.441. The lowest BCUT2D eigenvalue weighted by atomic mass is 10.2. The van der Waals surface area contributed by atoms with Crippen molar-refractivity contribution in [2.24, 2.45) is 0 Å². The summed E-state index contributed by atoms with van der Waals surface area (Å²) in [6.07, 6.45) is 0. The molecule has 4 rings (SSSR count). The third kappa shape index (κ3) is 3.25. The highest BCUT2D eigenvalue weighted by Crippen LogP contribution is 2.31. The molecule has 0 radical (unpaired) electrons. The summed E-state index contributed by atoms with van der Waals surface area (Å²) in [5.74, 6) is 0.659. The van der Waals surface area contributed by atoms with Gasteiger partial charge in [0.2, 0.25) is 0 Å². The van der Waals surface area contributed by atoms with E-state index in [0.717, 1.165) is 0 Å². The summed E-state index contributed by atoms with van der Waals surface area (Å²) in [6, 6.07) is 13.5. The predicted molar refractivity (Wildman–Crippen MR) is 98.2 cm³/mol. The van der Waals surface area contributed by atoms with Gasteiger partial charge in [0.15, 0.2) is 17.3 Å². The Balaban J connectivity index is 1.60. The van der Waals surface area contributed by atoms with Crippen LogP contribution in [0.5, 0.6) is 11.5 Å². The van der Waals surface area contributed by atoms with Gasteiger partial charge in [0.25, 0.3) is 5.56 Å². The number of nitriles is 1. The molecule has 0 saturated carbocycles. The van der Waals surface area contributed by atoms with Gasteiger partial charge in [-0.15, -0.1) is 0 Å². The van der Waals surface area contributed by atoms with Gasteiger partial charge < -0.3 is 14.2 Å². The molecule has 0 fully saturated rings. The van der Waals surface area contributed by atoms with Gasteiger partial charge in [-0.1, -0.05) is 12.1 Å². The molecule has 0 unspecified atom stereocenters. The SMILES string of the molecule is N#CCn1c(COC(=O)c2ccc3c(c2)OCCO3)nc2ccccc2c1=O. The van der Waals surface area contributed by atoms with Crippen LogP contribution >= 0.6 is 0 Å². The quantitative estimate of drug-likeness (QED) is 0.641. The largest absolute Gasteiger partial charge is 0.486 e. The molecule has 1 aromatic heterocycles. The maximum atomic E-state index is 12.6. The number of para-hydroxylation sites is 1. The van der Waals surface area contributed by atoms with Crippen molar-refractivity contribution in [2.75, 3.05) is 13.2 Å². The minimum atomic E-state index is -0.595. The highest BCUT2D eigenvalue weighted by molar-refractivity contribution is 5.90. The molecule has 0 amide bonds. The van der Waals surface area contributed by atoms with Crippen molar-refractivity contribution in [2.45, 2.75) is 13.2 Å². The number of nitrogens with zero attached hydrogens (tertiary/aromatic N) is 3. The number of esters is 1. The second-order valence-electron chi connectivity index (χ2n) is 6.03. The number of aromatic nitrogens is 2. The Bertz CT molecular complexity index is 1160. The number of rotatable bonds is 4. The molecule has 1 aliphatic heterocycles. The summed E-state index contributed by atoms with van der Waals surface area (Å²) in [5, 5.41) is 9.44. The lowest BCUT2D eigenvalue weighted by Gasteiger charge is -2.18. The van der Waals surface area contributed by atoms with Crippen molar-refractivity contribution in [3.63, 3.8) is 0 Å². The Labute approximate surface area is 159 Å². The number of carbonyl (C=O) groups excluding carboxylic acids is 1. The van der Waals surface area contributed by atoms with E-state index in [2.05, 4.69) is 4.98 Å². The average Bonchev–Trinajstić information content (AvgIpc) is 2.74. The number of benzene rings is 2. The molecule has 0 saturated heterocycles. The molecule has 8 nitrogen and oxygen atoms in total. The zero-order valence-corrected chi connectivity index (χ0v) is 14.8. The monoisotopic (exact) mass is 377 g/mol. The maximum Gasteiger partial charge on any atom is 0.338 e. The fourth-order valence-corrected chi connectivity index (χ4v) is 2.94. The molecule has 0 N–H and O–H groups in total. The first-order valence-electron chi connectivity index (χ1n) is 8.59. The second kappa shape index (κ2) is 7.40. The van der Waals surface area contributed by atoms with Crippen LogP contribution in [0.2, 0.25) is 0 Å². The Morgan fingerprint density at radius 2 is 1.96 bits per heavy atom. The van der Waals surface area contributed by atoms with Gasteiger partial charge in [0.05, 0.1) is 22.5 Å². The number of hydrogen-bond acceptors (Lipinski definition) is 7. The van der Waals surface area contributed by atoms with Crippen LogP contribution in [0.1, 0.15) is 16.2 Å². The number of hydrogen-bond donors (Lipinski definition) is 0. The van der Waals surface area contributed by atoms with Crippen LogP contribution in [0.4, 0.5) is 0 Å². The van der Waals surface area contributed by atoms with Crippen LogP contribution in [-0.4, -0.2) is 28.7 Å². The summed E-state index contributed by atoms with van der Waals surface area (Å²) >= 11 is 0. The molecular formula is C20H15N3O5. The van der Waals surface area contributed by atoms with Gasteiger partial charge in [-0.3, -0.25) is 9.36 Å². The minimum Gasteiger partial charge on any atom is -0.486 e. The first-order chi connectivity index (χ1) is 13.7. The molecule has 3 aromatic rings. The van der Waals surface area contributed by atoms with Crippen molar-refractivity contribution in [3.05, 3.63) is 64.2 Å². The number of fused-ring (bicyclic) bond motifs is 2. The molecule has 0 aliphatic carbocycles. The Kier molecular flexibility index (Phi) is 4.64. The normalized spacial score (nSPS) is 12.4. The molecular weight excluding hydrogens is 362 g/mol. The summed E-state index contributed by atoms with van der Waals surface area (Å²) in [5.41, 5.74) is 0.420. The van der Waals surface area contributed by atoms with E-state index in [0.29, 0.717) is 41.2 Å². The summed E-state index contributed by atoms with van der Waals surface area (Å²) in [4.78, 5) is 29.4. The maximum absolute atomic E-state index is 12.6. The van der Waals surface area contributed by atoms with Gasteiger partial charge in [0, 0.05) is 0 Å². The first-order valence-corrected chi connectivity index (χ1v) is 8.59. The van der Waals surface area contributed by atoms with Gasteiger partial charge >= 0.3 is 5.97 Å². The van der Waals surface area contributed by atoms with Crippen molar-refractivity contribution in [1.29, 1.82) is 5.26 Å². The van der Waals surface area contributed by atoms with E-state index >= 15 is 0 Å². The molecule has 28 heavy (non-hydrogen) atoms. The van der Waals surface area contributed by atoms with Crippen molar-refractivity contribution in [1.82, 2.24) is 9.55 Å². The van der Waals surface area contributed by atoms with E-state index in [4.69, 9.17) is 19.5 Å². The topological polar surface area (TPSA) is 103 Å². The molecule has 0 spiro atoms. The molecule has 0 atom stereocenters. The van der Waals surface area contributed by atoms with Crippen LogP contribution in [-0.2, 0) is 17.9 Å². The molecule has 1 aliphatic rings. The standard InChI is InChI=1S/C20H15N3O5/c21-7-8-23-18(22-15-4-2-1-3-14(15)19(23)24)12-28-20(25)13-5-6-16-17(11-13)27-10-9-26-16/h1-6,11H,8-10,12H2. The average molecular weight is 377 g/mol. The smallest absolute Gasteiger partial charge is 0.338 e. The Morgan fingerprint density at radius 1 is 1.18 bits per heavy atom. The molecule has 2 heterocycles. The molecule has 140 valence electrons. The fraction of sp³-hybridized carbons (Fsp3) is 0.200. The second-order valence-corrected chi connectivity index (χ2v) is 6.03. The van der Waals surface area contributed by atoms with Crippen molar-refractivity contribution >= 4 is 16.9 Å². The summed E-state index contributed by atoms with van der Waals surface area (Å²) in [7, 11) is 0. The van der Waals surface area contributed by atoms with E-state index in [9.17, 15) is 9.59 Å². The minimum absolute atomic E-state index is 0.187. The van der Waals surface area contributed by atoms with Gasteiger partial charge in [0.1, 0.15) is 26.4 Å². The Hall–Kier alpha value is -3.86. The predicted octanol–water partition coefficient (Wildman–Crippen LogP) is 2.05. The van der Waals surface area contributed by atoms with Gasteiger partial charge in [-0.2, -0.15) is 5.26 Å². The van der Waals surface area contributed by atoms with Crippen molar-refractivity contribution < 1.29 is 19.0 Å². The molecule has 2 aromatic carbocycles. The van der Waals surface area contributed by atoms with E-state index in [1.807, 2.05) is 6.07 Å². The van der Waals surface area contributed by atoms with Gasteiger partial charge in [-0.25, -0.2) is 9.78 Å². The van der Waals surface area contributed by atoms with E-state index < -0.39 is 5.97 Å². The van der Waals surface area contributed by atoms with E-state index in [1.54, 1.807) is 42.5 Å². The van der Waals surface area contributed by atoms with E-state index in [-0.39, 0.29) is 24.5 Å². The zero-order valence-electron chi connectivity index (χ0n) is 14.8. The lowest BCUT2D eigenvalue weighted by Crippen LogP contribution is -2.26. The number of ether oxygens (including phenoxy) is 3. The van der Waals surface area contributed by atoms with Crippen LogP contribution in [0.25, 0.3) is 10.9 Å². The fourth-order valence-electron chi connectivity index (χ4n) is 2.94. The zero-order chi connectivity index (χ0) is 19.5. The van der Waals surface area contributed by atoms with Gasteiger partial charge in [-0.05, 0) is 30.3 Å². The van der Waals surface area contributed by atoms with Crippen LogP contribution in [0.15, 0.2) is 47.3 Å². The highest BCUT2D eigenvalue weighted by Gasteiger charge is 2.17. The van der Waals surface area contributed by atoms with Crippen LogP contribution < -0.4 is 15.0 Å². The highest BCUT2D eigenvalue weighted by atomic mass is 16.6. The first kappa shape index (κ1) is 17.5. The summed E-state index contributed by atoms with van der Waals surface area (Å²) < 4.78 is 17.4. The van der Waals surface area contributed by atoms with Crippen LogP contribution in [0, 0.1) is 11.3 Å². The third-order valence-corrected chi connectivity index (χ3v) is 4.28. The molecule has 8 heteroatoms. The number of carbonyl (C=O) groups is 1. The van der Waals surface area contributed by atoms with E-state index in [1.165, 1.54) is 4.57 Å².